The Labute approximate surface area is 114 Å². The third-order valence-electron chi connectivity index (χ3n) is 3.09. The van der Waals surface area contributed by atoms with Gasteiger partial charge in [-0.2, -0.15) is 0 Å². The summed E-state index contributed by atoms with van der Waals surface area (Å²) < 4.78 is 4.93. The average molecular weight is 272 g/mol. The SMILES string of the molecule is O=C1CC(=O)Nc2cc(C(O)c3ccoc3)ccc2N1. The predicted octanol–water partition coefficient (Wildman–Crippen LogP) is 1.64. The lowest BCUT2D eigenvalue weighted by Gasteiger charge is -2.13. The summed E-state index contributed by atoms with van der Waals surface area (Å²) in [6.45, 7) is 0. The van der Waals surface area contributed by atoms with Gasteiger partial charge in [-0.1, -0.05) is 6.07 Å². The first-order valence-corrected chi connectivity index (χ1v) is 6.07. The maximum Gasteiger partial charge on any atom is 0.233 e. The summed E-state index contributed by atoms with van der Waals surface area (Å²) >= 11 is 0. The van der Waals surface area contributed by atoms with Crippen LogP contribution in [0.3, 0.4) is 0 Å². The van der Waals surface area contributed by atoms with Crippen molar-refractivity contribution in [3.8, 4) is 0 Å². The van der Waals surface area contributed by atoms with E-state index in [0.29, 0.717) is 22.5 Å². The van der Waals surface area contributed by atoms with E-state index in [2.05, 4.69) is 10.6 Å². The molecule has 0 spiro atoms. The molecule has 2 aromatic rings. The van der Waals surface area contributed by atoms with E-state index in [9.17, 15) is 14.7 Å². The molecule has 0 saturated carbocycles. The highest BCUT2D eigenvalue weighted by Gasteiger charge is 2.20. The zero-order valence-corrected chi connectivity index (χ0v) is 10.4. The van der Waals surface area contributed by atoms with Crippen LogP contribution in [-0.2, 0) is 9.59 Å². The van der Waals surface area contributed by atoms with Gasteiger partial charge >= 0.3 is 0 Å². The van der Waals surface area contributed by atoms with E-state index < -0.39 is 6.10 Å². The van der Waals surface area contributed by atoms with Crippen LogP contribution in [0.25, 0.3) is 0 Å². The van der Waals surface area contributed by atoms with Crippen molar-refractivity contribution < 1.29 is 19.1 Å². The van der Waals surface area contributed by atoms with Gasteiger partial charge in [0.2, 0.25) is 11.8 Å². The molecule has 3 N–H and O–H groups in total. The smallest absolute Gasteiger partial charge is 0.233 e. The van der Waals surface area contributed by atoms with Crippen molar-refractivity contribution in [2.24, 2.45) is 0 Å². The highest BCUT2D eigenvalue weighted by atomic mass is 16.3. The molecule has 3 rings (SSSR count). The summed E-state index contributed by atoms with van der Waals surface area (Å²) in [6.07, 6.45) is 1.87. The molecular weight excluding hydrogens is 260 g/mol. The number of aliphatic hydroxyl groups excluding tert-OH is 1. The minimum Gasteiger partial charge on any atom is -0.472 e. The number of amides is 2. The topological polar surface area (TPSA) is 91.6 Å². The van der Waals surface area contributed by atoms with E-state index in [4.69, 9.17) is 4.42 Å². The van der Waals surface area contributed by atoms with E-state index in [1.54, 1.807) is 24.3 Å². The number of hydrogen-bond donors (Lipinski definition) is 3. The molecular formula is C14H12N2O4. The summed E-state index contributed by atoms with van der Waals surface area (Å²) in [7, 11) is 0. The third-order valence-corrected chi connectivity index (χ3v) is 3.09. The van der Waals surface area contributed by atoms with Crippen molar-refractivity contribution in [2.75, 3.05) is 10.6 Å². The van der Waals surface area contributed by atoms with Gasteiger partial charge in [0.1, 0.15) is 12.5 Å². The Kier molecular flexibility index (Phi) is 3.00. The maximum atomic E-state index is 11.5. The summed E-state index contributed by atoms with van der Waals surface area (Å²) in [5.74, 6) is -0.736. The number of aliphatic hydroxyl groups is 1. The predicted molar refractivity (Wildman–Crippen MR) is 71.1 cm³/mol. The van der Waals surface area contributed by atoms with Gasteiger partial charge in [0.15, 0.2) is 0 Å². The summed E-state index contributed by atoms with van der Waals surface area (Å²) in [5.41, 5.74) is 2.21. The van der Waals surface area contributed by atoms with Crippen LogP contribution in [0.5, 0.6) is 0 Å². The van der Waals surface area contributed by atoms with Crippen molar-refractivity contribution in [1.29, 1.82) is 0 Å². The standard InChI is InChI=1S/C14H12N2O4/c17-12-6-13(18)16-11-5-8(1-2-10(11)15-12)14(19)9-3-4-20-7-9/h1-5,7,14,19H,6H2,(H,15,17)(H,16,18). The van der Waals surface area contributed by atoms with Gasteiger partial charge in [-0.15, -0.1) is 0 Å². The lowest BCUT2D eigenvalue weighted by molar-refractivity contribution is -0.123. The van der Waals surface area contributed by atoms with E-state index in [0.717, 1.165) is 0 Å². The van der Waals surface area contributed by atoms with Crippen LogP contribution in [0.15, 0.2) is 41.2 Å². The van der Waals surface area contributed by atoms with Crippen LogP contribution < -0.4 is 10.6 Å². The van der Waals surface area contributed by atoms with Crippen LogP contribution >= 0.6 is 0 Å². The number of carbonyl (C=O) groups is 2. The van der Waals surface area contributed by atoms with Gasteiger partial charge in [0.25, 0.3) is 0 Å². The van der Waals surface area contributed by atoms with E-state index in [1.807, 2.05) is 0 Å². The Morgan fingerprint density at radius 2 is 1.80 bits per heavy atom. The number of fused-ring (bicyclic) bond motifs is 1. The minimum absolute atomic E-state index is 0.214. The fourth-order valence-corrected chi connectivity index (χ4v) is 2.10. The van der Waals surface area contributed by atoms with Crippen molar-refractivity contribution >= 4 is 23.2 Å². The molecule has 0 bridgehead atoms. The second-order valence-corrected chi connectivity index (χ2v) is 4.54. The second-order valence-electron chi connectivity index (χ2n) is 4.54. The number of hydrogen-bond acceptors (Lipinski definition) is 4. The molecule has 2 heterocycles. The summed E-state index contributed by atoms with van der Waals surface area (Å²) in [4.78, 5) is 22.9. The highest BCUT2D eigenvalue weighted by Crippen LogP contribution is 2.30. The number of benzene rings is 1. The summed E-state index contributed by atoms with van der Waals surface area (Å²) in [5, 5.41) is 15.5. The first-order chi connectivity index (χ1) is 9.63. The van der Waals surface area contributed by atoms with Gasteiger partial charge in [-0.05, 0) is 23.8 Å². The number of carbonyl (C=O) groups excluding carboxylic acids is 2. The lowest BCUT2D eigenvalue weighted by Crippen LogP contribution is -2.16. The zero-order valence-electron chi connectivity index (χ0n) is 10.4. The van der Waals surface area contributed by atoms with Gasteiger partial charge < -0.3 is 20.2 Å². The quantitative estimate of drug-likeness (QED) is 0.725. The van der Waals surface area contributed by atoms with Crippen LogP contribution in [0.4, 0.5) is 11.4 Å². The first kappa shape index (κ1) is 12.4. The van der Waals surface area contributed by atoms with Crippen molar-refractivity contribution in [1.82, 2.24) is 0 Å². The average Bonchev–Trinajstić information content (AvgIpc) is 2.88. The van der Waals surface area contributed by atoms with Crippen LogP contribution in [0, 0.1) is 0 Å². The molecule has 0 fully saturated rings. The second kappa shape index (κ2) is 4.82. The van der Waals surface area contributed by atoms with Crippen LogP contribution in [-0.4, -0.2) is 16.9 Å². The minimum atomic E-state index is -0.852. The first-order valence-electron chi connectivity index (χ1n) is 6.07. The fourth-order valence-electron chi connectivity index (χ4n) is 2.10. The molecule has 1 atom stereocenters. The molecule has 20 heavy (non-hydrogen) atoms. The Morgan fingerprint density at radius 1 is 1.05 bits per heavy atom. The molecule has 2 amide bonds. The summed E-state index contributed by atoms with van der Waals surface area (Å²) in [6, 6.07) is 6.64. The molecule has 1 aromatic heterocycles. The lowest BCUT2D eigenvalue weighted by atomic mass is 10.0. The fraction of sp³-hybridized carbons (Fsp3) is 0.143. The molecule has 1 aliphatic rings. The maximum absolute atomic E-state index is 11.5. The van der Waals surface area contributed by atoms with E-state index >= 15 is 0 Å². The molecule has 6 nitrogen and oxygen atoms in total. The molecule has 0 radical (unpaired) electrons. The number of anilines is 2. The Morgan fingerprint density at radius 3 is 2.50 bits per heavy atom. The van der Waals surface area contributed by atoms with Gasteiger partial charge in [-0.25, -0.2) is 0 Å². The zero-order chi connectivity index (χ0) is 14.1. The Hall–Kier alpha value is -2.60. The van der Waals surface area contributed by atoms with Crippen LogP contribution in [0.2, 0.25) is 0 Å². The van der Waals surface area contributed by atoms with Gasteiger partial charge in [0, 0.05) is 5.56 Å². The number of furan rings is 1. The third kappa shape index (κ3) is 2.28. The normalized spacial score (nSPS) is 15.8. The molecule has 1 unspecified atom stereocenters. The number of rotatable bonds is 2. The molecule has 1 aromatic carbocycles. The molecule has 1 aliphatic heterocycles. The van der Waals surface area contributed by atoms with Crippen LogP contribution in [0.1, 0.15) is 23.7 Å². The van der Waals surface area contributed by atoms with Crippen molar-refractivity contribution in [2.45, 2.75) is 12.5 Å². The molecule has 0 aliphatic carbocycles. The Bertz CT molecular complexity index is 664. The monoisotopic (exact) mass is 272 g/mol. The molecule has 102 valence electrons. The van der Waals surface area contributed by atoms with Gasteiger partial charge in [-0.3, -0.25) is 9.59 Å². The largest absolute Gasteiger partial charge is 0.472 e. The van der Waals surface area contributed by atoms with E-state index in [-0.39, 0.29) is 18.2 Å². The Balaban J connectivity index is 1.96. The highest BCUT2D eigenvalue weighted by molar-refractivity contribution is 6.13. The van der Waals surface area contributed by atoms with Crippen molar-refractivity contribution in [3.63, 3.8) is 0 Å². The van der Waals surface area contributed by atoms with Gasteiger partial charge in [0.05, 0.1) is 23.9 Å². The molecule has 0 saturated heterocycles. The van der Waals surface area contributed by atoms with E-state index in [1.165, 1.54) is 12.5 Å². The van der Waals surface area contributed by atoms with Crippen molar-refractivity contribution in [3.05, 3.63) is 47.9 Å². The number of nitrogens with one attached hydrogen (secondary N) is 2. The molecule has 6 heteroatoms.